The summed E-state index contributed by atoms with van der Waals surface area (Å²) in [7, 11) is 1.60. The highest BCUT2D eigenvalue weighted by atomic mass is 35.5. The number of carboxylic acids is 1. The smallest absolute Gasteiger partial charge is 0.308 e. The molecule has 0 saturated carbocycles. The molecule has 3 unspecified atom stereocenters. The van der Waals surface area contributed by atoms with Gasteiger partial charge in [-0.3, -0.25) is 14.7 Å². The molecule has 3 atom stereocenters. The van der Waals surface area contributed by atoms with Gasteiger partial charge in [0.25, 0.3) is 0 Å². The van der Waals surface area contributed by atoms with Crippen LogP contribution < -0.4 is 10.5 Å². The number of ether oxygens (including phenoxy) is 1. The number of thiophene rings is 1. The Hall–Kier alpha value is -2.70. The van der Waals surface area contributed by atoms with Gasteiger partial charge in [-0.1, -0.05) is 23.4 Å². The van der Waals surface area contributed by atoms with E-state index >= 15 is 0 Å². The Morgan fingerprint density at radius 2 is 2.29 bits per heavy atom. The van der Waals surface area contributed by atoms with Crippen LogP contribution in [0.2, 0.25) is 5.02 Å². The molecule has 1 aliphatic rings. The van der Waals surface area contributed by atoms with Crippen LogP contribution in [-0.4, -0.2) is 47.7 Å². The van der Waals surface area contributed by atoms with E-state index in [4.69, 9.17) is 22.1 Å². The number of aromatic nitrogens is 1. The Bertz CT molecular complexity index is 1270. The van der Waals surface area contributed by atoms with E-state index < -0.39 is 11.9 Å². The van der Waals surface area contributed by atoms with Gasteiger partial charge >= 0.3 is 5.97 Å². The van der Waals surface area contributed by atoms with Gasteiger partial charge in [-0.15, -0.1) is 11.3 Å². The number of benzene rings is 1. The monoisotopic (exact) mass is 515 g/mol. The number of hydrogen-bond donors (Lipinski definition) is 2. The number of nitrogens with two attached hydrogens (primary N) is 1. The molecule has 0 aliphatic carbocycles. The molecule has 6 nitrogen and oxygen atoms in total. The van der Waals surface area contributed by atoms with Crippen molar-refractivity contribution in [3.05, 3.63) is 57.1 Å². The van der Waals surface area contributed by atoms with Crippen LogP contribution in [0.3, 0.4) is 0 Å². The van der Waals surface area contributed by atoms with Crippen molar-refractivity contribution < 1.29 is 19.0 Å². The maximum Gasteiger partial charge on any atom is 0.308 e. The minimum atomic E-state index is -0.817. The Balaban J connectivity index is 1.41. The van der Waals surface area contributed by atoms with Gasteiger partial charge in [-0.25, -0.2) is 4.39 Å². The SMILES string of the molecule is COc1ccc2ncc(Cl)c(C(N)CCC3CCN(CC#Cc4sccc4F)CC3C(=O)O)c2c1. The highest BCUT2D eigenvalue weighted by Crippen LogP contribution is 2.35. The molecule has 3 heterocycles. The van der Waals surface area contributed by atoms with E-state index in [1.807, 2.05) is 23.1 Å². The van der Waals surface area contributed by atoms with Crippen molar-refractivity contribution in [2.24, 2.45) is 17.6 Å². The number of fused-ring (bicyclic) bond motifs is 1. The van der Waals surface area contributed by atoms with Crippen molar-refractivity contribution in [2.75, 3.05) is 26.7 Å². The molecule has 1 saturated heterocycles. The zero-order chi connectivity index (χ0) is 24.9. The fourth-order valence-electron chi connectivity index (χ4n) is 4.66. The van der Waals surface area contributed by atoms with Gasteiger partial charge in [0, 0.05) is 24.2 Å². The van der Waals surface area contributed by atoms with Crippen molar-refractivity contribution in [1.82, 2.24) is 9.88 Å². The summed E-state index contributed by atoms with van der Waals surface area (Å²) in [6, 6.07) is 6.62. The van der Waals surface area contributed by atoms with Crippen LogP contribution in [0.15, 0.2) is 35.8 Å². The highest BCUT2D eigenvalue weighted by molar-refractivity contribution is 7.10. The third-order valence-corrected chi connectivity index (χ3v) is 7.67. The second-order valence-corrected chi connectivity index (χ2v) is 10.0. The zero-order valence-electron chi connectivity index (χ0n) is 19.3. The standard InChI is InChI=1S/C26H27ClFN3O3S/c1-34-17-5-7-23-18(13-17)25(20(27)14-30-23)22(29)6-4-16-8-11-31(15-19(16)26(32)33)10-2-3-24-21(28)9-12-35-24/h5,7,9,12-14,16,19,22H,4,6,8,10-11,15,29H2,1H3,(H,32,33). The van der Waals surface area contributed by atoms with Gasteiger partial charge in [0.2, 0.25) is 0 Å². The molecule has 9 heteroatoms. The fourth-order valence-corrected chi connectivity index (χ4v) is 5.59. The molecule has 0 spiro atoms. The van der Waals surface area contributed by atoms with Crippen molar-refractivity contribution in [2.45, 2.75) is 25.3 Å². The number of likely N-dealkylation sites (tertiary alicyclic amines) is 1. The summed E-state index contributed by atoms with van der Waals surface area (Å²) in [5.41, 5.74) is 8.17. The minimum absolute atomic E-state index is 0.00101. The van der Waals surface area contributed by atoms with Gasteiger partial charge in [0.15, 0.2) is 0 Å². The van der Waals surface area contributed by atoms with Crippen LogP contribution in [-0.2, 0) is 4.79 Å². The number of halogens is 2. The maximum atomic E-state index is 13.5. The minimum Gasteiger partial charge on any atom is -0.497 e. The number of hydrogen-bond acceptors (Lipinski definition) is 6. The van der Waals surface area contributed by atoms with Gasteiger partial charge in [-0.05, 0) is 66.9 Å². The predicted octanol–water partition coefficient (Wildman–Crippen LogP) is 4.95. The molecule has 2 aromatic heterocycles. The first-order valence-electron chi connectivity index (χ1n) is 11.4. The molecule has 0 radical (unpaired) electrons. The topological polar surface area (TPSA) is 88.7 Å². The molecule has 3 aromatic rings. The molecule has 1 fully saturated rings. The second-order valence-electron chi connectivity index (χ2n) is 8.71. The summed E-state index contributed by atoms with van der Waals surface area (Å²) < 4.78 is 18.9. The van der Waals surface area contributed by atoms with E-state index in [0.717, 1.165) is 29.4 Å². The summed E-state index contributed by atoms with van der Waals surface area (Å²) in [4.78, 5) is 18.9. The number of pyridine rings is 1. The quantitative estimate of drug-likeness (QED) is 0.433. The van der Waals surface area contributed by atoms with Crippen molar-refractivity contribution in [3.8, 4) is 17.6 Å². The molecule has 0 amide bonds. The largest absolute Gasteiger partial charge is 0.497 e. The molecular weight excluding hydrogens is 489 g/mol. The number of carboxylic acid groups (broad SMARTS) is 1. The van der Waals surface area contributed by atoms with Crippen LogP contribution >= 0.6 is 22.9 Å². The van der Waals surface area contributed by atoms with E-state index in [1.54, 1.807) is 18.7 Å². The first-order valence-corrected chi connectivity index (χ1v) is 12.7. The third-order valence-electron chi connectivity index (χ3n) is 6.57. The third kappa shape index (κ3) is 5.93. The van der Waals surface area contributed by atoms with E-state index in [-0.39, 0.29) is 17.8 Å². The van der Waals surface area contributed by atoms with Crippen LogP contribution in [0.1, 0.15) is 35.7 Å². The van der Waals surface area contributed by atoms with Gasteiger partial charge in [-0.2, -0.15) is 0 Å². The number of aliphatic carboxylic acids is 1. The first kappa shape index (κ1) is 25.4. The normalized spacial score (nSPS) is 19.2. The summed E-state index contributed by atoms with van der Waals surface area (Å²) in [5, 5.41) is 12.9. The summed E-state index contributed by atoms with van der Waals surface area (Å²) in [6.45, 7) is 1.56. The number of methoxy groups -OCH3 is 1. The van der Waals surface area contributed by atoms with Gasteiger partial charge in [0.05, 0.1) is 30.1 Å². The van der Waals surface area contributed by atoms with Crippen LogP contribution in [0.25, 0.3) is 10.9 Å². The molecule has 1 aromatic carbocycles. The Morgan fingerprint density at radius 3 is 3.00 bits per heavy atom. The lowest BCUT2D eigenvalue weighted by Crippen LogP contribution is -2.44. The van der Waals surface area contributed by atoms with Crippen LogP contribution in [0, 0.1) is 29.5 Å². The van der Waals surface area contributed by atoms with Crippen LogP contribution in [0.5, 0.6) is 5.75 Å². The predicted molar refractivity (Wildman–Crippen MR) is 136 cm³/mol. The van der Waals surface area contributed by atoms with E-state index in [0.29, 0.717) is 41.6 Å². The molecule has 35 heavy (non-hydrogen) atoms. The number of nitrogens with zero attached hydrogens (tertiary/aromatic N) is 2. The average Bonchev–Trinajstić information content (AvgIpc) is 3.26. The first-order chi connectivity index (χ1) is 16.9. The van der Waals surface area contributed by atoms with Crippen molar-refractivity contribution in [3.63, 3.8) is 0 Å². The molecule has 3 N–H and O–H groups in total. The maximum absolute atomic E-state index is 13.5. The summed E-state index contributed by atoms with van der Waals surface area (Å²) in [6.07, 6.45) is 3.61. The zero-order valence-corrected chi connectivity index (χ0v) is 20.9. The fraction of sp³-hybridized carbons (Fsp3) is 0.385. The molecule has 1 aliphatic heterocycles. The number of rotatable bonds is 7. The van der Waals surface area contributed by atoms with E-state index in [9.17, 15) is 14.3 Å². The van der Waals surface area contributed by atoms with Gasteiger partial charge in [0.1, 0.15) is 16.4 Å². The summed E-state index contributed by atoms with van der Waals surface area (Å²) >= 11 is 7.75. The lowest BCUT2D eigenvalue weighted by molar-refractivity contribution is -0.146. The Labute approximate surface area is 212 Å². The van der Waals surface area contributed by atoms with Crippen LogP contribution in [0.4, 0.5) is 4.39 Å². The molecule has 4 rings (SSSR count). The molecule has 0 bridgehead atoms. The number of piperidine rings is 1. The van der Waals surface area contributed by atoms with E-state index in [1.165, 1.54) is 17.4 Å². The van der Waals surface area contributed by atoms with Gasteiger partial charge < -0.3 is 15.6 Å². The average molecular weight is 516 g/mol. The van der Waals surface area contributed by atoms with Crippen molar-refractivity contribution in [1.29, 1.82) is 0 Å². The highest BCUT2D eigenvalue weighted by Gasteiger charge is 2.34. The Morgan fingerprint density at radius 1 is 1.46 bits per heavy atom. The van der Waals surface area contributed by atoms with Crippen molar-refractivity contribution >= 4 is 39.8 Å². The lowest BCUT2D eigenvalue weighted by atomic mass is 9.81. The van der Waals surface area contributed by atoms with E-state index in [2.05, 4.69) is 16.8 Å². The molecular formula is C26H27ClFN3O3S. The second kappa shape index (κ2) is 11.4. The Kier molecular flexibility index (Phi) is 8.24. The molecule has 184 valence electrons. The lowest BCUT2D eigenvalue weighted by Gasteiger charge is -2.36. The number of carbonyl (C=O) groups is 1. The summed E-state index contributed by atoms with van der Waals surface area (Å²) in [5.74, 6) is 4.87.